The van der Waals surface area contributed by atoms with Gasteiger partial charge in [-0.3, -0.25) is 0 Å². The summed E-state index contributed by atoms with van der Waals surface area (Å²) in [6, 6.07) is 0. The van der Waals surface area contributed by atoms with Gasteiger partial charge in [-0.1, -0.05) is 0 Å². The first-order valence-electron chi connectivity index (χ1n) is 4.36. The Labute approximate surface area is 75.2 Å². The molecule has 0 spiro atoms. The van der Waals surface area contributed by atoms with E-state index in [-0.39, 0.29) is 4.65 Å². The summed E-state index contributed by atoms with van der Waals surface area (Å²) in [7, 11) is 0. The van der Waals surface area contributed by atoms with E-state index in [1.165, 1.54) is 0 Å². The van der Waals surface area contributed by atoms with Crippen molar-refractivity contribution in [2.45, 2.75) is 26.7 Å². The Balaban J connectivity index is 3.51. The molecule has 0 aliphatic carbocycles. The van der Waals surface area contributed by atoms with Crippen LogP contribution in [0.1, 0.15) is 26.7 Å². The molecule has 0 bridgehead atoms. The van der Waals surface area contributed by atoms with Crippen LogP contribution in [0.5, 0.6) is 0 Å². The van der Waals surface area contributed by atoms with Crippen LogP contribution < -0.4 is 0 Å². The maximum atomic E-state index is 11.6. The molecule has 0 aliphatic heterocycles. The summed E-state index contributed by atoms with van der Waals surface area (Å²) in [4.78, 5) is 0. The third-order valence-electron chi connectivity index (χ3n) is 2.13. The minimum atomic E-state index is -0.0340. The molecular formula is C8H19NOS. The van der Waals surface area contributed by atoms with E-state index in [4.69, 9.17) is 0 Å². The van der Waals surface area contributed by atoms with Crippen LogP contribution in [0.4, 0.5) is 0 Å². The summed E-state index contributed by atoms with van der Waals surface area (Å²) >= 11 is 4.10. The van der Waals surface area contributed by atoms with E-state index < -0.39 is 0 Å². The maximum Gasteiger partial charge on any atom is 0.0784 e. The fraction of sp³-hybridized carbons (Fsp3) is 1.00. The molecule has 11 heavy (non-hydrogen) atoms. The van der Waals surface area contributed by atoms with Crippen LogP contribution in [0.25, 0.3) is 0 Å². The Morgan fingerprint density at radius 3 is 2.09 bits per heavy atom. The lowest BCUT2D eigenvalue weighted by Crippen LogP contribution is -2.42. The lowest BCUT2D eigenvalue weighted by Gasteiger charge is -2.41. The average molecular weight is 177 g/mol. The third-order valence-corrected chi connectivity index (χ3v) is 2.44. The molecule has 3 heteroatoms. The summed E-state index contributed by atoms with van der Waals surface area (Å²) in [5, 5.41) is 11.6. The van der Waals surface area contributed by atoms with Crippen LogP contribution in [-0.4, -0.2) is 30.0 Å². The summed E-state index contributed by atoms with van der Waals surface area (Å²) in [6.07, 6.45) is 2.07. The fourth-order valence-electron chi connectivity index (χ4n) is 1.05. The zero-order chi connectivity index (χ0) is 8.74. The minimum absolute atomic E-state index is 0.0340. The van der Waals surface area contributed by atoms with Crippen molar-refractivity contribution in [1.29, 1.82) is 0 Å². The van der Waals surface area contributed by atoms with Crippen LogP contribution in [0.15, 0.2) is 0 Å². The van der Waals surface area contributed by atoms with Crippen LogP contribution >= 0.6 is 12.6 Å². The number of quaternary nitrogens is 1. The molecule has 0 radical (unpaired) electrons. The smallest absolute Gasteiger partial charge is 0.0784 e. The van der Waals surface area contributed by atoms with E-state index in [2.05, 4.69) is 12.6 Å². The molecule has 0 aliphatic rings. The SMILES string of the molecule is CC[N+]([O-])(CC)CCCCS. The molecule has 0 saturated heterocycles. The van der Waals surface area contributed by atoms with Crippen LogP contribution in [0.2, 0.25) is 0 Å². The number of hydrogen-bond donors (Lipinski definition) is 1. The average Bonchev–Trinajstić information content (AvgIpc) is 2.05. The topological polar surface area (TPSA) is 23.1 Å². The molecule has 0 saturated carbocycles. The van der Waals surface area contributed by atoms with E-state index in [0.29, 0.717) is 13.1 Å². The Morgan fingerprint density at radius 1 is 1.18 bits per heavy atom. The Kier molecular flexibility index (Phi) is 6.01. The van der Waals surface area contributed by atoms with Crippen molar-refractivity contribution >= 4 is 12.6 Å². The van der Waals surface area contributed by atoms with Gasteiger partial charge in [-0.05, 0) is 32.4 Å². The predicted molar refractivity (Wildman–Crippen MR) is 52.7 cm³/mol. The van der Waals surface area contributed by atoms with Crippen molar-refractivity contribution in [3.8, 4) is 0 Å². The van der Waals surface area contributed by atoms with Crippen molar-refractivity contribution in [1.82, 2.24) is 0 Å². The Morgan fingerprint density at radius 2 is 1.73 bits per heavy atom. The minimum Gasteiger partial charge on any atom is -0.633 e. The lowest BCUT2D eigenvalue weighted by atomic mass is 10.3. The van der Waals surface area contributed by atoms with E-state index in [1.54, 1.807) is 0 Å². The van der Waals surface area contributed by atoms with Gasteiger partial charge in [0.25, 0.3) is 0 Å². The van der Waals surface area contributed by atoms with Gasteiger partial charge in [-0.25, -0.2) is 0 Å². The molecule has 0 heterocycles. The van der Waals surface area contributed by atoms with Crippen LogP contribution in [0, 0.1) is 5.21 Å². The predicted octanol–water partition coefficient (Wildman–Crippen LogP) is 2.05. The first-order valence-corrected chi connectivity index (χ1v) is 4.99. The first-order chi connectivity index (χ1) is 5.18. The highest BCUT2D eigenvalue weighted by atomic mass is 32.1. The van der Waals surface area contributed by atoms with Gasteiger partial charge in [0.1, 0.15) is 0 Å². The largest absolute Gasteiger partial charge is 0.633 e. The van der Waals surface area contributed by atoms with Gasteiger partial charge < -0.3 is 9.85 Å². The number of unbranched alkanes of at least 4 members (excludes halogenated alkanes) is 1. The summed E-state index contributed by atoms with van der Waals surface area (Å²) < 4.78 is -0.0340. The summed E-state index contributed by atoms with van der Waals surface area (Å²) in [5.41, 5.74) is 0. The monoisotopic (exact) mass is 177 g/mol. The number of thiol groups is 1. The normalized spacial score (nSPS) is 12.0. The highest BCUT2D eigenvalue weighted by Crippen LogP contribution is 2.06. The van der Waals surface area contributed by atoms with Gasteiger partial charge in [0.15, 0.2) is 0 Å². The second kappa shape index (κ2) is 5.86. The summed E-state index contributed by atoms with van der Waals surface area (Å²) in [6.45, 7) is 6.06. The standard InChI is InChI=1S/C8H19NOS/c1-3-9(10,4-2)7-5-6-8-11/h11H,3-8H2,1-2H3. The molecule has 0 atom stereocenters. The fourth-order valence-corrected chi connectivity index (χ4v) is 1.28. The van der Waals surface area contributed by atoms with Crippen LogP contribution in [0.3, 0.4) is 0 Å². The molecule has 0 aromatic rings. The Hall–Kier alpha value is 0.270. The van der Waals surface area contributed by atoms with Gasteiger partial charge in [0.05, 0.1) is 19.6 Å². The highest BCUT2D eigenvalue weighted by molar-refractivity contribution is 7.80. The molecule has 0 unspecified atom stereocenters. The molecular weight excluding hydrogens is 158 g/mol. The van der Waals surface area contributed by atoms with Gasteiger partial charge in [0, 0.05) is 0 Å². The zero-order valence-electron chi connectivity index (χ0n) is 7.55. The molecule has 0 amide bonds. The molecule has 0 aromatic heterocycles. The van der Waals surface area contributed by atoms with Crippen molar-refractivity contribution < 1.29 is 4.65 Å². The number of nitrogens with zero attached hydrogens (tertiary/aromatic N) is 1. The molecule has 0 aromatic carbocycles. The first kappa shape index (κ1) is 11.3. The second-order valence-corrected chi connectivity index (χ2v) is 3.29. The molecule has 0 fully saturated rings. The van der Waals surface area contributed by atoms with E-state index in [0.717, 1.165) is 25.1 Å². The van der Waals surface area contributed by atoms with E-state index >= 15 is 0 Å². The van der Waals surface area contributed by atoms with Crippen molar-refractivity contribution in [3.05, 3.63) is 5.21 Å². The zero-order valence-corrected chi connectivity index (χ0v) is 8.44. The van der Waals surface area contributed by atoms with Crippen molar-refractivity contribution in [2.75, 3.05) is 25.4 Å². The molecule has 2 nitrogen and oxygen atoms in total. The lowest BCUT2D eigenvalue weighted by molar-refractivity contribution is -0.877. The van der Waals surface area contributed by atoms with Crippen LogP contribution in [-0.2, 0) is 0 Å². The van der Waals surface area contributed by atoms with E-state index in [9.17, 15) is 5.21 Å². The van der Waals surface area contributed by atoms with Gasteiger partial charge in [-0.2, -0.15) is 12.6 Å². The maximum absolute atomic E-state index is 11.6. The molecule has 0 N–H and O–H groups in total. The van der Waals surface area contributed by atoms with Crippen molar-refractivity contribution in [3.63, 3.8) is 0 Å². The number of hydroxylamine groups is 3. The Bertz CT molecular complexity index is 94.1. The highest BCUT2D eigenvalue weighted by Gasteiger charge is 2.09. The number of hydrogen-bond acceptors (Lipinski definition) is 2. The number of rotatable bonds is 6. The third kappa shape index (κ3) is 4.67. The van der Waals surface area contributed by atoms with Gasteiger partial charge in [0.2, 0.25) is 0 Å². The molecule has 0 rings (SSSR count). The van der Waals surface area contributed by atoms with Crippen molar-refractivity contribution in [2.24, 2.45) is 0 Å². The second-order valence-electron chi connectivity index (χ2n) is 2.84. The van der Waals surface area contributed by atoms with Gasteiger partial charge >= 0.3 is 0 Å². The van der Waals surface area contributed by atoms with E-state index in [1.807, 2.05) is 13.8 Å². The quantitative estimate of drug-likeness (QED) is 0.285. The van der Waals surface area contributed by atoms with Gasteiger partial charge in [-0.15, -0.1) is 0 Å². The summed E-state index contributed by atoms with van der Waals surface area (Å²) in [5.74, 6) is 0.896. The molecule has 68 valence electrons.